The van der Waals surface area contributed by atoms with E-state index in [9.17, 15) is 5.11 Å². The number of nitrogens with zero attached hydrogens (tertiary/aromatic N) is 3. The molecule has 1 atom stereocenters. The molecule has 0 amide bonds. The van der Waals surface area contributed by atoms with Gasteiger partial charge in [0.15, 0.2) is 0 Å². The second kappa shape index (κ2) is 5.89. The van der Waals surface area contributed by atoms with E-state index in [0.717, 1.165) is 36.0 Å². The highest BCUT2D eigenvalue weighted by Crippen LogP contribution is 2.26. The predicted molar refractivity (Wildman–Crippen MR) is 76.2 cm³/mol. The fraction of sp³-hybridized carbons (Fsp3) is 0.692. The van der Waals surface area contributed by atoms with E-state index < -0.39 is 0 Å². The van der Waals surface area contributed by atoms with Gasteiger partial charge in [-0.3, -0.25) is 0 Å². The van der Waals surface area contributed by atoms with Gasteiger partial charge in [-0.25, -0.2) is 9.97 Å². The molecule has 4 nitrogen and oxygen atoms in total. The Hall–Kier alpha value is -0.810. The number of aliphatic hydroxyl groups is 1. The first kappa shape index (κ1) is 13.6. The Morgan fingerprint density at radius 1 is 1.56 bits per heavy atom. The maximum atomic E-state index is 9.50. The first-order chi connectivity index (χ1) is 8.61. The summed E-state index contributed by atoms with van der Waals surface area (Å²) in [5.74, 6) is 2.22. The van der Waals surface area contributed by atoms with Crippen LogP contribution in [0.1, 0.15) is 38.2 Å². The average molecular weight is 267 g/mol. The molecule has 1 saturated heterocycles. The molecule has 18 heavy (non-hydrogen) atoms. The molecule has 1 aliphatic rings. The lowest BCUT2D eigenvalue weighted by molar-refractivity contribution is 0.276. The number of thioether (sulfide) groups is 1. The Balaban J connectivity index is 2.26. The molecule has 1 unspecified atom stereocenters. The molecule has 1 aromatic heterocycles. The molecular formula is C13H21N3OS. The van der Waals surface area contributed by atoms with Crippen molar-refractivity contribution in [3.63, 3.8) is 0 Å². The molecule has 0 aliphatic carbocycles. The zero-order valence-electron chi connectivity index (χ0n) is 11.3. The Labute approximate surface area is 113 Å². The van der Waals surface area contributed by atoms with Gasteiger partial charge in [0.05, 0.1) is 24.2 Å². The minimum atomic E-state index is -0.0183. The third-order valence-electron chi connectivity index (χ3n) is 3.11. The number of aromatic nitrogens is 2. The van der Waals surface area contributed by atoms with Crippen molar-refractivity contribution in [3.05, 3.63) is 17.7 Å². The Bertz CT molecular complexity index is 411. The third kappa shape index (κ3) is 2.95. The molecule has 1 fully saturated rings. The topological polar surface area (TPSA) is 49.2 Å². The van der Waals surface area contributed by atoms with Crippen molar-refractivity contribution >= 4 is 17.4 Å². The van der Waals surface area contributed by atoms with Crippen molar-refractivity contribution in [1.29, 1.82) is 0 Å². The van der Waals surface area contributed by atoms with Gasteiger partial charge in [0.25, 0.3) is 0 Å². The summed E-state index contributed by atoms with van der Waals surface area (Å²) in [6.07, 6.45) is 1.87. The van der Waals surface area contributed by atoms with Crippen LogP contribution in [0.4, 0.5) is 5.69 Å². The first-order valence-corrected chi connectivity index (χ1v) is 7.50. The molecular weight excluding hydrogens is 246 g/mol. The highest BCUT2D eigenvalue weighted by Gasteiger charge is 2.20. The summed E-state index contributed by atoms with van der Waals surface area (Å²) < 4.78 is 0. The van der Waals surface area contributed by atoms with Crippen molar-refractivity contribution in [3.8, 4) is 0 Å². The Kier molecular flexibility index (Phi) is 4.45. The van der Waals surface area contributed by atoms with Crippen molar-refractivity contribution in [2.75, 3.05) is 23.7 Å². The SMILES string of the molecule is CC1CN(c2cnc(C(C)C)nc2CO)CCS1. The summed E-state index contributed by atoms with van der Waals surface area (Å²) in [6.45, 7) is 8.36. The van der Waals surface area contributed by atoms with Gasteiger partial charge >= 0.3 is 0 Å². The molecule has 1 aliphatic heterocycles. The van der Waals surface area contributed by atoms with Crippen LogP contribution in [-0.2, 0) is 6.61 Å². The Morgan fingerprint density at radius 2 is 2.33 bits per heavy atom. The molecule has 0 saturated carbocycles. The van der Waals surface area contributed by atoms with Crippen LogP contribution in [0, 0.1) is 0 Å². The lowest BCUT2D eigenvalue weighted by Gasteiger charge is -2.33. The van der Waals surface area contributed by atoms with Crippen LogP contribution in [0.2, 0.25) is 0 Å². The molecule has 0 aromatic carbocycles. The van der Waals surface area contributed by atoms with Crippen molar-refractivity contribution in [2.45, 2.75) is 38.5 Å². The molecule has 0 spiro atoms. The van der Waals surface area contributed by atoms with Crippen molar-refractivity contribution in [2.24, 2.45) is 0 Å². The summed E-state index contributed by atoms with van der Waals surface area (Å²) in [7, 11) is 0. The number of anilines is 1. The van der Waals surface area contributed by atoms with E-state index in [0.29, 0.717) is 11.2 Å². The lowest BCUT2D eigenvalue weighted by atomic mass is 10.2. The summed E-state index contributed by atoms with van der Waals surface area (Å²) in [5.41, 5.74) is 1.75. The van der Waals surface area contributed by atoms with Crippen LogP contribution >= 0.6 is 11.8 Å². The van der Waals surface area contributed by atoms with E-state index >= 15 is 0 Å². The molecule has 0 bridgehead atoms. The summed E-state index contributed by atoms with van der Waals surface area (Å²) >= 11 is 1.99. The van der Waals surface area contributed by atoms with Crippen LogP contribution in [-0.4, -0.2) is 39.2 Å². The van der Waals surface area contributed by atoms with Gasteiger partial charge < -0.3 is 10.0 Å². The summed E-state index contributed by atoms with van der Waals surface area (Å²) in [4.78, 5) is 11.2. The first-order valence-electron chi connectivity index (χ1n) is 6.45. The number of hydrogen-bond acceptors (Lipinski definition) is 5. The van der Waals surface area contributed by atoms with Gasteiger partial charge in [0.2, 0.25) is 0 Å². The number of aliphatic hydroxyl groups excluding tert-OH is 1. The number of hydrogen-bond donors (Lipinski definition) is 1. The fourth-order valence-electron chi connectivity index (χ4n) is 2.12. The standard InChI is InChI=1S/C13H21N3OS/c1-9(2)13-14-6-12(11(8-17)15-13)16-4-5-18-10(3)7-16/h6,9-10,17H,4-5,7-8H2,1-3H3. The minimum Gasteiger partial charge on any atom is -0.390 e. The van der Waals surface area contributed by atoms with Gasteiger partial charge in [-0.05, 0) is 0 Å². The van der Waals surface area contributed by atoms with Gasteiger partial charge in [-0.15, -0.1) is 0 Å². The van der Waals surface area contributed by atoms with Gasteiger partial charge in [0.1, 0.15) is 5.82 Å². The maximum Gasteiger partial charge on any atom is 0.131 e. The van der Waals surface area contributed by atoms with Crippen LogP contribution in [0.5, 0.6) is 0 Å². The van der Waals surface area contributed by atoms with Crippen LogP contribution in [0.15, 0.2) is 6.20 Å². The smallest absolute Gasteiger partial charge is 0.131 e. The van der Waals surface area contributed by atoms with Gasteiger partial charge in [0, 0.05) is 30.0 Å². The van der Waals surface area contributed by atoms with E-state index in [2.05, 4.69) is 35.6 Å². The molecule has 2 heterocycles. The van der Waals surface area contributed by atoms with E-state index in [1.165, 1.54) is 0 Å². The van der Waals surface area contributed by atoms with Gasteiger partial charge in [-0.1, -0.05) is 20.8 Å². The fourth-order valence-corrected chi connectivity index (χ4v) is 3.14. The quantitative estimate of drug-likeness (QED) is 0.908. The number of rotatable bonds is 3. The zero-order valence-corrected chi connectivity index (χ0v) is 12.1. The molecule has 1 aromatic rings. The summed E-state index contributed by atoms with van der Waals surface area (Å²) in [6, 6.07) is 0. The maximum absolute atomic E-state index is 9.50. The van der Waals surface area contributed by atoms with E-state index in [-0.39, 0.29) is 6.61 Å². The summed E-state index contributed by atoms with van der Waals surface area (Å²) in [5, 5.41) is 10.1. The molecule has 1 N–H and O–H groups in total. The zero-order chi connectivity index (χ0) is 13.1. The molecule has 0 radical (unpaired) electrons. The minimum absolute atomic E-state index is 0.0183. The van der Waals surface area contributed by atoms with E-state index in [4.69, 9.17) is 0 Å². The largest absolute Gasteiger partial charge is 0.390 e. The van der Waals surface area contributed by atoms with Gasteiger partial charge in [-0.2, -0.15) is 11.8 Å². The average Bonchev–Trinajstić information content (AvgIpc) is 2.37. The predicted octanol–water partition coefficient (Wildman–Crippen LogP) is 2.03. The normalized spacial score (nSPS) is 20.5. The monoisotopic (exact) mass is 267 g/mol. The Morgan fingerprint density at radius 3 is 2.94 bits per heavy atom. The van der Waals surface area contributed by atoms with Crippen molar-refractivity contribution < 1.29 is 5.11 Å². The molecule has 2 rings (SSSR count). The van der Waals surface area contributed by atoms with Crippen LogP contribution in [0.3, 0.4) is 0 Å². The lowest BCUT2D eigenvalue weighted by Crippen LogP contribution is -2.37. The molecule has 100 valence electrons. The molecule has 5 heteroatoms. The van der Waals surface area contributed by atoms with E-state index in [1.807, 2.05) is 18.0 Å². The second-order valence-electron chi connectivity index (χ2n) is 5.00. The van der Waals surface area contributed by atoms with E-state index in [1.54, 1.807) is 0 Å². The van der Waals surface area contributed by atoms with Crippen LogP contribution in [0.25, 0.3) is 0 Å². The highest BCUT2D eigenvalue weighted by molar-refractivity contribution is 8.00. The third-order valence-corrected chi connectivity index (χ3v) is 4.25. The van der Waals surface area contributed by atoms with Crippen molar-refractivity contribution in [1.82, 2.24) is 9.97 Å². The highest BCUT2D eigenvalue weighted by atomic mass is 32.2. The second-order valence-corrected chi connectivity index (χ2v) is 6.55. The van der Waals surface area contributed by atoms with Crippen LogP contribution < -0.4 is 4.90 Å².